The Labute approximate surface area is 131 Å². The molecule has 1 saturated heterocycles. The van der Waals surface area contributed by atoms with Crippen LogP contribution < -0.4 is 5.32 Å². The zero-order valence-corrected chi connectivity index (χ0v) is 13.3. The van der Waals surface area contributed by atoms with Crippen molar-refractivity contribution in [3.63, 3.8) is 0 Å². The van der Waals surface area contributed by atoms with Crippen molar-refractivity contribution in [1.29, 1.82) is 0 Å². The molecule has 1 fully saturated rings. The van der Waals surface area contributed by atoms with Crippen LogP contribution in [0.4, 0.5) is 0 Å². The molecule has 1 aliphatic rings. The third-order valence-corrected chi connectivity index (χ3v) is 4.31. The lowest BCUT2D eigenvalue weighted by molar-refractivity contribution is -0.144. The van der Waals surface area contributed by atoms with Gasteiger partial charge in [-0.1, -0.05) is 18.2 Å². The topological polar surface area (TPSA) is 42.3 Å². The summed E-state index contributed by atoms with van der Waals surface area (Å²) >= 11 is 0. The van der Waals surface area contributed by atoms with Gasteiger partial charge in [-0.05, 0) is 31.9 Å². The fourth-order valence-corrected chi connectivity index (χ4v) is 3.04. The summed E-state index contributed by atoms with van der Waals surface area (Å²) in [5.74, 6) is 1.03. The third-order valence-electron chi connectivity index (χ3n) is 4.31. The number of hydrogen-bond acceptors (Lipinski definition) is 4. The highest BCUT2D eigenvalue weighted by molar-refractivity contribution is 5.35. The SMILES string of the molecule is CON1CCC(NCc2cnc(C)n2-c2ccccc2)CC1. The smallest absolute Gasteiger partial charge is 0.110 e. The van der Waals surface area contributed by atoms with Crippen molar-refractivity contribution < 1.29 is 4.84 Å². The first kappa shape index (κ1) is 15.2. The Bertz CT molecular complexity index is 588. The van der Waals surface area contributed by atoms with Crippen molar-refractivity contribution in [1.82, 2.24) is 19.9 Å². The lowest BCUT2D eigenvalue weighted by atomic mass is 10.1. The molecule has 2 aromatic rings. The summed E-state index contributed by atoms with van der Waals surface area (Å²) in [6.45, 7) is 4.87. The maximum Gasteiger partial charge on any atom is 0.110 e. The van der Waals surface area contributed by atoms with Gasteiger partial charge in [-0.2, -0.15) is 5.06 Å². The molecule has 2 heterocycles. The van der Waals surface area contributed by atoms with Crippen molar-refractivity contribution in [2.45, 2.75) is 32.4 Å². The average molecular weight is 300 g/mol. The van der Waals surface area contributed by atoms with Gasteiger partial charge in [-0.15, -0.1) is 0 Å². The van der Waals surface area contributed by atoms with Gasteiger partial charge in [0.1, 0.15) is 5.82 Å². The molecule has 0 saturated carbocycles. The molecule has 1 aromatic carbocycles. The van der Waals surface area contributed by atoms with Crippen LogP contribution in [0, 0.1) is 6.92 Å². The molecule has 3 rings (SSSR count). The third kappa shape index (κ3) is 3.38. The summed E-state index contributed by atoms with van der Waals surface area (Å²) in [5.41, 5.74) is 2.38. The lowest BCUT2D eigenvalue weighted by Crippen LogP contribution is -2.41. The molecule has 5 nitrogen and oxygen atoms in total. The average Bonchev–Trinajstić information content (AvgIpc) is 2.95. The minimum absolute atomic E-state index is 0.547. The molecule has 1 aliphatic heterocycles. The number of piperidine rings is 1. The molecule has 0 aliphatic carbocycles. The Morgan fingerprint density at radius 3 is 2.64 bits per heavy atom. The molecule has 0 radical (unpaired) electrons. The Kier molecular flexibility index (Phi) is 4.87. The van der Waals surface area contributed by atoms with E-state index in [9.17, 15) is 0 Å². The van der Waals surface area contributed by atoms with Crippen LogP contribution in [-0.2, 0) is 11.4 Å². The molecule has 22 heavy (non-hydrogen) atoms. The Morgan fingerprint density at radius 2 is 1.95 bits per heavy atom. The maximum atomic E-state index is 5.27. The summed E-state index contributed by atoms with van der Waals surface area (Å²) in [4.78, 5) is 9.75. The second kappa shape index (κ2) is 7.05. The van der Waals surface area contributed by atoms with E-state index < -0.39 is 0 Å². The minimum atomic E-state index is 0.547. The largest absolute Gasteiger partial charge is 0.308 e. The monoisotopic (exact) mass is 300 g/mol. The van der Waals surface area contributed by atoms with Crippen LogP contribution >= 0.6 is 0 Å². The molecule has 0 spiro atoms. The summed E-state index contributed by atoms with van der Waals surface area (Å²) in [6, 6.07) is 11.0. The van der Waals surface area contributed by atoms with Crippen LogP contribution in [0.5, 0.6) is 0 Å². The van der Waals surface area contributed by atoms with E-state index in [0.29, 0.717) is 6.04 Å². The maximum absolute atomic E-state index is 5.27. The fraction of sp³-hybridized carbons (Fsp3) is 0.471. The molecule has 0 unspecified atom stereocenters. The number of aryl methyl sites for hydroxylation is 1. The van der Waals surface area contributed by atoms with Crippen LogP contribution in [0.1, 0.15) is 24.4 Å². The molecule has 1 aromatic heterocycles. The standard InChI is InChI=1S/C17H24N4O/c1-14-18-12-17(21(14)16-6-4-3-5-7-16)13-19-15-8-10-20(22-2)11-9-15/h3-7,12,15,19H,8-11,13H2,1-2H3. The number of aromatic nitrogens is 2. The first-order valence-corrected chi connectivity index (χ1v) is 7.89. The first-order valence-electron chi connectivity index (χ1n) is 7.89. The zero-order valence-electron chi connectivity index (χ0n) is 13.3. The second-order valence-electron chi connectivity index (χ2n) is 5.73. The van der Waals surface area contributed by atoms with E-state index >= 15 is 0 Å². The second-order valence-corrected chi connectivity index (χ2v) is 5.73. The number of nitrogens with zero attached hydrogens (tertiary/aromatic N) is 3. The molecule has 118 valence electrons. The van der Waals surface area contributed by atoms with Crippen LogP contribution in [0.15, 0.2) is 36.5 Å². The van der Waals surface area contributed by atoms with Crippen LogP contribution in [0.25, 0.3) is 5.69 Å². The van der Waals surface area contributed by atoms with E-state index in [1.54, 1.807) is 7.11 Å². The van der Waals surface area contributed by atoms with E-state index in [1.807, 2.05) is 24.3 Å². The van der Waals surface area contributed by atoms with Gasteiger partial charge in [0.2, 0.25) is 0 Å². The Balaban J connectivity index is 1.64. The van der Waals surface area contributed by atoms with Crippen LogP contribution in [0.2, 0.25) is 0 Å². The molecule has 5 heteroatoms. The van der Waals surface area contributed by atoms with Gasteiger partial charge in [0.25, 0.3) is 0 Å². The number of para-hydroxylation sites is 1. The van der Waals surface area contributed by atoms with Crippen LogP contribution in [0.3, 0.4) is 0 Å². The lowest BCUT2D eigenvalue weighted by Gasteiger charge is -2.30. The van der Waals surface area contributed by atoms with Crippen LogP contribution in [-0.4, -0.2) is 40.9 Å². The van der Waals surface area contributed by atoms with Crippen molar-refractivity contribution in [2.24, 2.45) is 0 Å². The predicted octanol–water partition coefficient (Wildman–Crippen LogP) is 2.30. The van der Waals surface area contributed by atoms with Gasteiger partial charge in [0.05, 0.1) is 19.0 Å². The minimum Gasteiger partial charge on any atom is -0.308 e. The zero-order chi connectivity index (χ0) is 15.4. The quantitative estimate of drug-likeness (QED) is 0.920. The predicted molar refractivity (Wildman–Crippen MR) is 86.7 cm³/mol. The Morgan fingerprint density at radius 1 is 1.23 bits per heavy atom. The summed E-state index contributed by atoms with van der Waals surface area (Å²) in [7, 11) is 1.74. The summed E-state index contributed by atoms with van der Waals surface area (Å²) in [6.07, 6.45) is 4.21. The molecular weight excluding hydrogens is 276 g/mol. The highest BCUT2D eigenvalue weighted by atomic mass is 16.7. The number of hydrogen-bond donors (Lipinski definition) is 1. The summed E-state index contributed by atoms with van der Waals surface area (Å²) < 4.78 is 2.22. The van der Waals surface area contributed by atoms with Crippen molar-refractivity contribution in [2.75, 3.05) is 20.2 Å². The van der Waals surface area contributed by atoms with Gasteiger partial charge in [-0.25, -0.2) is 4.98 Å². The van der Waals surface area contributed by atoms with Crippen molar-refractivity contribution in [3.05, 3.63) is 48.0 Å². The number of rotatable bonds is 5. The van der Waals surface area contributed by atoms with Gasteiger partial charge >= 0.3 is 0 Å². The first-order chi connectivity index (χ1) is 10.8. The normalized spacial score (nSPS) is 17.0. The molecular formula is C17H24N4O. The highest BCUT2D eigenvalue weighted by Crippen LogP contribution is 2.16. The molecule has 1 N–H and O–H groups in total. The van der Waals surface area contributed by atoms with Crippen molar-refractivity contribution in [3.8, 4) is 5.69 Å². The summed E-state index contributed by atoms with van der Waals surface area (Å²) in [5, 5.41) is 5.69. The van der Waals surface area contributed by atoms with E-state index in [4.69, 9.17) is 4.84 Å². The number of hydroxylamine groups is 2. The van der Waals surface area contributed by atoms with Gasteiger partial charge in [0.15, 0.2) is 0 Å². The fourth-order valence-electron chi connectivity index (χ4n) is 3.04. The number of nitrogens with one attached hydrogen (secondary N) is 1. The van der Waals surface area contributed by atoms with Gasteiger partial charge < -0.3 is 10.2 Å². The van der Waals surface area contributed by atoms with Crippen molar-refractivity contribution >= 4 is 0 Å². The molecule has 0 amide bonds. The van der Waals surface area contributed by atoms with E-state index in [0.717, 1.165) is 38.3 Å². The Hall–Kier alpha value is -1.69. The van der Waals surface area contributed by atoms with E-state index in [1.165, 1.54) is 11.4 Å². The van der Waals surface area contributed by atoms with Gasteiger partial charge in [0, 0.05) is 31.4 Å². The molecule has 0 atom stereocenters. The van der Waals surface area contributed by atoms with Gasteiger partial charge in [-0.3, -0.25) is 4.57 Å². The van der Waals surface area contributed by atoms with E-state index in [2.05, 4.69) is 39.1 Å². The van der Waals surface area contributed by atoms with E-state index in [-0.39, 0.29) is 0 Å². The highest BCUT2D eigenvalue weighted by Gasteiger charge is 2.19. The number of imidazole rings is 1. The number of benzene rings is 1. The molecule has 0 bridgehead atoms.